The van der Waals surface area contributed by atoms with Crippen molar-refractivity contribution in [3.8, 4) is 22.9 Å². The van der Waals surface area contributed by atoms with E-state index in [0.717, 1.165) is 5.56 Å². The van der Waals surface area contributed by atoms with E-state index in [1.54, 1.807) is 31.4 Å². The standard InChI is InChI=1S/C23H19N3O4/c1-28-18-11-7-8-16(14-18)22-25-21(30-26-22)15-29-20-13-6-5-12-19(20)23(27)24-17-9-3-2-4-10-17/h2-14H,15H2,1H3,(H,24,27). The van der Waals surface area contributed by atoms with Crippen LogP contribution in [0.15, 0.2) is 83.4 Å². The van der Waals surface area contributed by atoms with E-state index in [1.807, 2.05) is 54.6 Å². The van der Waals surface area contributed by atoms with Gasteiger partial charge in [-0.25, -0.2) is 0 Å². The molecule has 0 unspecified atom stereocenters. The fourth-order valence-corrected chi connectivity index (χ4v) is 2.83. The lowest BCUT2D eigenvalue weighted by molar-refractivity contribution is 0.102. The molecule has 7 nitrogen and oxygen atoms in total. The van der Waals surface area contributed by atoms with E-state index in [9.17, 15) is 4.79 Å². The topological polar surface area (TPSA) is 86.5 Å². The number of aromatic nitrogens is 2. The molecule has 4 rings (SSSR count). The summed E-state index contributed by atoms with van der Waals surface area (Å²) in [4.78, 5) is 17.0. The normalized spacial score (nSPS) is 10.4. The quantitative estimate of drug-likeness (QED) is 0.488. The van der Waals surface area contributed by atoms with E-state index in [2.05, 4.69) is 15.5 Å². The summed E-state index contributed by atoms with van der Waals surface area (Å²) < 4.78 is 16.3. The Morgan fingerprint density at radius 1 is 1.00 bits per heavy atom. The molecular weight excluding hydrogens is 382 g/mol. The number of hydrogen-bond acceptors (Lipinski definition) is 6. The second-order valence-electron chi connectivity index (χ2n) is 6.35. The molecule has 0 atom stereocenters. The molecule has 0 aliphatic rings. The molecule has 7 heteroatoms. The monoisotopic (exact) mass is 401 g/mol. The molecule has 30 heavy (non-hydrogen) atoms. The Labute approximate surface area is 173 Å². The zero-order valence-corrected chi connectivity index (χ0v) is 16.2. The van der Waals surface area contributed by atoms with Crippen molar-refractivity contribution in [2.45, 2.75) is 6.61 Å². The molecule has 0 saturated carbocycles. The molecule has 1 N–H and O–H groups in total. The van der Waals surface area contributed by atoms with Crippen molar-refractivity contribution >= 4 is 11.6 Å². The van der Waals surface area contributed by atoms with Crippen LogP contribution in [0, 0.1) is 0 Å². The minimum Gasteiger partial charge on any atom is -0.497 e. The minimum atomic E-state index is -0.264. The molecule has 1 amide bonds. The van der Waals surface area contributed by atoms with E-state index in [4.69, 9.17) is 14.0 Å². The van der Waals surface area contributed by atoms with Gasteiger partial charge in [0, 0.05) is 11.3 Å². The van der Waals surface area contributed by atoms with Crippen LogP contribution in [-0.2, 0) is 6.61 Å². The largest absolute Gasteiger partial charge is 0.497 e. The first-order valence-electron chi connectivity index (χ1n) is 9.28. The number of rotatable bonds is 7. The maximum atomic E-state index is 12.6. The first-order valence-corrected chi connectivity index (χ1v) is 9.28. The fraction of sp³-hybridized carbons (Fsp3) is 0.0870. The molecule has 1 aromatic heterocycles. The summed E-state index contributed by atoms with van der Waals surface area (Å²) in [6, 6.07) is 23.6. The van der Waals surface area contributed by atoms with Gasteiger partial charge in [0.05, 0.1) is 12.7 Å². The third-order valence-electron chi connectivity index (χ3n) is 4.31. The third-order valence-corrected chi connectivity index (χ3v) is 4.31. The summed E-state index contributed by atoms with van der Waals surface area (Å²) in [6.45, 7) is 0.0343. The average molecular weight is 401 g/mol. The predicted molar refractivity (Wildman–Crippen MR) is 111 cm³/mol. The van der Waals surface area contributed by atoms with Crippen LogP contribution in [0.1, 0.15) is 16.2 Å². The molecule has 4 aromatic rings. The molecule has 0 spiro atoms. The van der Waals surface area contributed by atoms with Crippen LogP contribution in [-0.4, -0.2) is 23.2 Å². The molecule has 0 aliphatic carbocycles. The Morgan fingerprint density at radius 3 is 2.63 bits per heavy atom. The third kappa shape index (κ3) is 4.47. The second-order valence-corrected chi connectivity index (χ2v) is 6.35. The highest BCUT2D eigenvalue weighted by Crippen LogP contribution is 2.23. The molecule has 0 bridgehead atoms. The SMILES string of the molecule is COc1cccc(-c2noc(COc3ccccc3C(=O)Nc3ccccc3)n2)c1. The Morgan fingerprint density at radius 2 is 1.80 bits per heavy atom. The van der Waals surface area contributed by atoms with Gasteiger partial charge in [0.1, 0.15) is 11.5 Å². The van der Waals surface area contributed by atoms with Crippen molar-refractivity contribution in [3.63, 3.8) is 0 Å². The van der Waals surface area contributed by atoms with Gasteiger partial charge in [-0.05, 0) is 36.4 Å². The van der Waals surface area contributed by atoms with Crippen LogP contribution < -0.4 is 14.8 Å². The van der Waals surface area contributed by atoms with Crippen LogP contribution in [0.2, 0.25) is 0 Å². The van der Waals surface area contributed by atoms with Crippen molar-refractivity contribution in [3.05, 3.63) is 90.3 Å². The van der Waals surface area contributed by atoms with Crippen molar-refractivity contribution < 1.29 is 18.8 Å². The summed E-state index contributed by atoms with van der Waals surface area (Å²) in [5.74, 6) is 1.59. The van der Waals surface area contributed by atoms with Crippen LogP contribution in [0.25, 0.3) is 11.4 Å². The van der Waals surface area contributed by atoms with E-state index in [1.165, 1.54) is 0 Å². The Balaban J connectivity index is 1.46. The molecule has 0 aliphatic heterocycles. The van der Waals surface area contributed by atoms with Gasteiger partial charge in [-0.2, -0.15) is 4.98 Å². The van der Waals surface area contributed by atoms with Crippen LogP contribution in [0.4, 0.5) is 5.69 Å². The average Bonchev–Trinajstić information content (AvgIpc) is 3.28. The highest BCUT2D eigenvalue weighted by atomic mass is 16.5. The lowest BCUT2D eigenvalue weighted by atomic mass is 10.2. The number of nitrogens with one attached hydrogen (secondary N) is 1. The van der Waals surface area contributed by atoms with Crippen molar-refractivity contribution in [1.29, 1.82) is 0 Å². The number of hydrogen-bond donors (Lipinski definition) is 1. The first kappa shape index (κ1) is 19.2. The van der Waals surface area contributed by atoms with E-state index >= 15 is 0 Å². The second kappa shape index (κ2) is 8.91. The highest BCUT2D eigenvalue weighted by molar-refractivity contribution is 6.06. The number of amides is 1. The van der Waals surface area contributed by atoms with Gasteiger partial charge >= 0.3 is 0 Å². The van der Waals surface area contributed by atoms with Gasteiger partial charge in [-0.15, -0.1) is 0 Å². The molecule has 0 radical (unpaired) electrons. The molecular formula is C23H19N3O4. The Kier molecular flexibility index (Phi) is 5.70. The number of anilines is 1. The number of ether oxygens (including phenoxy) is 2. The zero-order chi connectivity index (χ0) is 20.8. The van der Waals surface area contributed by atoms with Gasteiger partial charge in [0.15, 0.2) is 6.61 Å². The molecule has 0 saturated heterocycles. The smallest absolute Gasteiger partial charge is 0.264 e. The summed E-state index contributed by atoms with van der Waals surface area (Å²) >= 11 is 0. The van der Waals surface area contributed by atoms with Gasteiger partial charge in [-0.1, -0.05) is 47.6 Å². The number of benzene rings is 3. The number of para-hydroxylation sites is 2. The van der Waals surface area contributed by atoms with E-state index in [-0.39, 0.29) is 12.5 Å². The fourth-order valence-electron chi connectivity index (χ4n) is 2.83. The summed E-state index contributed by atoms with van der Waals surface area (Å²) in [6.07, 6.45) is 0. The van der Waals surface area contributed by atoms with Crippen molar-refractivity contribution in [2.75, 3.05) is 12.4 Å². The Bertz CT molecular complexity index is 1140. The number of methoxy groups -OCH3 is 1. The number of carbonyl (C=O) groups excluding carboxylic acids is 1. The van der Waals surface area contributed by atoms with Gasteiger partial charge in [0.2, 0.25) is 5.82 Å². The maximum absolute atomic E-state index is 12.6. The van der Waals surface area contributed by atoms with Crippen molar-refractivity contribution in [1.82, 2.24) is 10.1 Å². The van der Waals surface area contributed by atoms with E-state index < -0.39 is 0 Å². The van der Waals surface area contributed by atoms with Gasteiger partial charge < -0.3 is 19.3 Å². The number of carbonyl (C=O) groups is 1. The lowest BCUT2D eigenvalue weighted by Crippen LogP contribution is -2.13. The van der Waals surface area contributed by atoms with E-state index in [0.29, 0.717) is 34.5 Å². The molecule has 1 heterocycles. The summed E-state index contributed by atoms with van der Waals surface area (Å²) in [7, 11) is 1.60. The van der Waals surface area contributed by atoms with Gasteiger partial charge in [0.25, 0.3) is 11.8 Å². The molecule has 150 valence electrons. The van der Waals surface area contributed by atoms with Crippen LogP contribution >= 0.6 is 0 Å². The van der Waals surface area contributed by atoms with Crippen LogP contribution in [0.5, 0.6) is 11.5 Å². The lowest BCUT2D eigenvalue weighted by Gasteiger charge is -2.10. The summed E-state index contributed by atoms with van der Waals surface area (Å²) in [5, 5.41) is 6.84. The number of nitrogens with zero attached hydrogens (tertiary/aromatic N) is 2. The zero-order valence-electron chi connectivity index (χ0n) is 16.2. The first-order chi connectivity index (χ1) is 14.7. The Hall–Kier alpha value is -4.13. The maximum Gasteiger partial charge on any atom is 0.264 e. The predicted octanol–water partition coefficient (Wildman–Crippen LogP) is 4.58. The van der Waals surface area contributed by atoms with Gasteiger partial charge in [-0.3, -0.25) is 4.79 Å². The molecule has 0 fully saturated rings. The van der Waals surface area contributed by atoms with Crippen molar-refractivity contribution in [2.24, 2.45) is 0 Å². The minimum absolute atomic E-state index is 0.0343. The highest BCUT2D eigenvalue weighted by Gasteiger charge is 2.15. The molecule has 3 aromatic carbocycles. The van der Waals surface area contributed by atoms with Crippen LogP contribution in [0.3, 0.4) is 0 Å². The summed E-state index contributed by atoms with van der Waals surface area (Å²) in [5.41, 5.74) is 1.89.